The largest absolute Gasteiger partial charge is 0.383 e. The summed E-state index contributed by atoms with van der Waals surface area (Å²) in [6.07, 6.45) is 3.56. The summed E-state index contributed by atoms with van der Waals surface area (Å²) in [6.45, 7) is 3.77. The Morgan fingerprint density at radius 3 is 2.82 bits per heavy atom. The molecule has 3 unspecified atom stereocenters. The van der Waals surface area contributed by atoms with Gasteiger partial charge in [-0.3, -0.25) is 0 Å². The maximum atomic E-state index is 11.8. The first-order valence-electron chi connectivity index (χ1n) is 6.41. The van der Waals surface area contributed by atoms with Crippen LogP contribution >= 0.6 is 0 Å². The van der Waals surface area contributed by atoms with Crippen molar-refractivity contribution in [2.24, 2.45) is 5.92 Å². The monoisotopic (exact) mass is 261 g/mol. The molecule has 0 aliphatic carbocycles. The molecule has 2 saturated heterocycles. The van der Waals surface area contributed by atoms with E-state index < -0.39 is 9.84 Å². The topological polar surface area (TPSA) is 55.4 Å². The summed E-state index contributed by atoms with van der Waals surface area (Å²) in [6, 6.07) is 0. The summed E-state index contributed by atoms with van der Waals surface area (Å²) in [5.41, 5.74) is 0.0295. The van der Waals surface area contributed by atoms with E-state index in [0.29, 0.717) is 18.3 Å². The molecule has 0 radical (unpaired) electrons. The maximum Gasteiger partial charge on any atom is 0.153 e. The Kier molecular flexibility index (Phi) is 3.80. The number of rotatable bonds is 4. The summed E-state index contributed by atoms with van der Waals surface area (Å²) in [4.78, 5) is 0. The highest BCUT2D eigenvalue weighted by Gasteiger charge is 2.39. The number of methoxy groups -OCH3 is 1. The lowest BCUT2D eigenvalue weighted by atomic mass is 9.92. The van der Waals surface area contributed by atoms with Crippen LogP contribution in [-0.4, -0.2) is 45.2 Å². The Morgan fingerprint density at radius 1 is 1.47 bits per heavy atom. The Bertz CT molecular complexity index is 368. The van der Waals surface area contributed by atoms with E-state index in [0.717, 1.165) is 32.2 Å². The van der Waals surface area contributed by atoms with Crippen molar-refractivity contribution >= 4 is 9.84 Å². The first-order chi connectivity index (χ1) is 7.95. The molecule has 0 spiro atoms. The zero-order chi connectivity index (χ0) is 12.5. The van der Waals surface area contributed by atoms with Gasteiger partial charge in [0.05, 0.1) is 17.6 Å². The molecule has 2 heterocycles. The van der Waals surface area contributed by atoms with Gasteiger partial charge in [-0.1, -0.05) is 0 Å². The molecule has 0 amide bonds. The van der Waals surface area contributed by atoms with Gasteiger partial charge in [0.25, 0.3) is 0 Å². The van der Waals surface area contributed by atoms with Crippen LogP contribution in [-0.2, 0) is 14.6 Å². The van der Waals surface area contributed by atoms with Crippen molar-refractivity contribution in [3.8, 4) is 0 Å². The lowest BCUT2D eigenvalue weighted by molar-refractivity contribution is 0.128. The second-order valence-corrected chi connectivity index (χ2v) is 8.21. The predicted molar refractivity (Wildman–Crippen MR) is 67.8 cm³/mol. The number of hydrogen-bond donors (Lipinski definition) is 1. The van der Waals surface area contributed by atoms with Gasteiger partial charge in [-0.25, -0.2) is 8.42 Å². The summed E-state index contributed by atoms with van der Waals surface area (Å²) < 4.78 is 28.8. The van der Waals surface area contributed by atoms with Crippen molar-refractivity contribution < 1.29 is 13.2 Å². The smallest absolute Gasteiger partial charge is 0.153 e. The molecule has 0 aromatic carbocycles. The van der Waals surface area contributed by atoms with E-state index in [1.54, 1.807) is 7.11 Å². The quantitative estimate of drug-likeness (QED) is 0.819. The highest BCUT2D eigenvalue weighted by atomic mass is 32.2. The summed E-state index contributed by atoms with van der Waals surface area (Å²) in [7, 11) is -1.07. The minimum atomic E-state index is -2.78. The first-order valence-corrected chi connectivity index (χ1v) is 8.12. The third-order valence-corrected chi connectivity index (χ3v) is 6.38. The van der Waals surface area contributed by atoms with Gasteiger partial charge in [0.2, 0.25) is 0 Å². The summed E-state index contributed by atoms with van der Waals surface area (Å²) >= 11 is 0. The molecular weight excluding hydrogens is 238 g/mol. The third kappa shape index (κ3) is 3.01. The molecule has 1 N–H and O–H groups in total. The van der Waals surface area contributed by atoms with Crippen LogP contribution in [0.1, 0.15) is 32.6 Å². The van der Waals surface area contributed by atoms with E-state index in [2.05, 4.69) is 12.2 Å². The average Bonchev–Trinajstić information content (AvgIpc) is 2.73. The molecule has 0 saturated carbocycles. The third-order valence-electron chi connectivity index (χ3n) is 4.08. The average molecular weight is 261 g/mol. The van der Waals surface area contributed by atoms with Gasteiger partial charge in [-0.15, -0.1) is 0 Å². The lowest BCUT2D eigenvalue weighted by Crippen LogP contribution is -2.40. The Morgan fingerprint density at radius 2 is 2.24 bits per heavy atom. The molecule has 5 heteroatoms. The molecule has 17 heavy (non-hydrogen) atoms. The van der Waals surface area contributed by atoms with E-state index in [-0.39, 0.29) is 10.8 Å². The van der Waals surface area contributed by atoms with Gasteiger partial charge in [0, 0.05) is 12.6 Å². The molecule has 2 aliphatic heterocycles. The molecule has 0 aromatic heterocycles. The van der Waals surface area contributed by atoms with Gasteiger partial charge in [-0.2, -0.15) is 0 Å². The van der Waals surface area contributed by atoms with Crippen molar-refractivity contribution in [3.63, 3.8) is 0 Å². The van der Waals surface area contributed by atoms with Crippen LogP contribution in [0.2, 0.25) is 0 Å². The lowest BCUT2D eigenvalue weighted by Gasteiger charge is -2.23. The van der Waals surface area contributed by atoms with Gasteiger partial charge < -0.3 is 10.1 Å². The van der Waals surface area contributed by atoms with Crippen molar-refractivity contribution in [2.75, 3.05) is 26.0 Å². The fourth-order valence-electron chi connectivity index (χ4n) is 3.26. The van der Waals surface area contributed by atoms with E-state index in [9.17, 15) is 8.42 Å². The van der Waals surface area contributed by atoms with Gasteiger partial charge >= 0.3 is 0 Å². The Hall–Kier alpha value is -0.130. The molecule has 2 rings (SSSR count). The first kappa shape index (κ1) is 13.3. The Labute approximate surface area is 104 Å². The van der Waals surface area contributed by atoms with Crippen LogP contribution < -0.4 is 5.32 Å². The zero-order valence-electron chi connectivity index (χ0n) is 10.7. The molecule has 4 nitrogen and oxygen atoms in total. The molecule has 3 atom stereocenters. The summed E-state index contributed by atoms with van der Waals surface area (Å²) in [5, 5.41) is 3.38. The zero-order valence-corrected chi connectivity index (χ0v) is 11.6. The predicted octanol–water partition coefficient (Wildman–Crippen LogP) is 0.968. The molecule has 100 valence electrons. The van der Waals surface area contributed by atoms with Crippen molar-refractivity contribution in [1.82, 2.24) is 5.32 Å². The second kappa shape index (κ2) is 4.86. The number of ether oxygens (including phenoxy) is 1. The standard InChI is InChI=1S/C12H23NO3S/c1-12(9-16-2)7-10(8-13-12)6-11-4-3-5-17(11,14)15/h10-11,13H,3-9H2,1-2H3. The van der Waals surface area contributed by atoms with Crippen molar-refractivity contribution in [2.45, 2.75) is 43.4 Å². The SMILES string of the molecule is COCC1(C)CC(CC2CCCS2(=O)=O)CN1. The van der Waals surface area contributed by atoms with Crippen LogP contribution in [0, 0.1) is 5.92 Å². The molecule has 2 fully saturated rings. The summed E-state index contributed by atoms with van der Waals surface area (Å²) in [5.74, 6) is 0.876. The number of sulfone groups is 1. The Balaban J connectivity index is 1.90. The molecule has 2 aliphatic rings. The van der Waals surface area contributed by atoms with Crippen LogP contribution in [0.5, 0.6) is 0 Å². The van der Waals surface area contributed by atoms with Crippen molar-refractivity contribution in [3.05, 3.63) is 0 Å². The van der Waals surface area contributed by atoms with Crippen LogP contribution in [0.25, 0.3) is 0 Å². The fourth-order valence-corrected chi connectivity index (χ4v) is 5.26. The van der Waals surface area contributed by atoms with Crippen LogP contribution in [0.3, 0.4) is 0 Å². The fraction of sp³-hybridized carbons (Fsp3) is 1.00. The molecule has 0 aromatic rings. The highest BCUT2D eigenvalue weighted by molar-refractivity contribution is 7.92. The second-order valence-electron chi connectivity index (χ2n) is 5.81. The van der Waals surface area contributed by atoms with Crippen LogP contribution in [0.4, 0.5) is 0 Å². The highest BCUT2D eigenvalue weighted by Crippen LogP contribution is 2.32. The normalized spacial score (nSPS) is 40.8. The minimum Gasteiger partial charge on any atom is -0.383 e. The van der Waals surface area contributed by atoms with Gasteiger partial charge in [-0.05, 0) is 45.1 Å². The minimum absolute atomic E-state index is 0.0295. The van der Waals surface area contributed by atoms with E-state index in [1.165, 1.54) is 0 Å². The number of hydrogen-bond acceptors (Lipinski definition) is 4. The molecular formula is C12H23NO3S. The molecule has 0 bridgehead atoms. The van der Waals surface area contributed by atoms with Gasteiger partial charge in [0.15, 0.2) is 9.84 Å². The van der Waals surface area contributed by atoms with Crippen LogP contribution in [0.15, 0.2) is 0 Å². The van der Waals surface area contributed by atoms with E-state index >= 15 is 0 Å². The van der Waals surface area contributed by atoms with E-state index in [4.69, 9.17) is 4.74 Å². The van der Waals surface area contributed by atoms with Gasteiger partial charge in [0.1, 0.15) is 0 Å². The maximum absolute atomic E-state index is 11.8. The number of nitrogens with one attached hydrogen (secondary N) is 1. The van der Waals surface area contributed by atoms with E-state index in [1.807, 2.05) is 0 Å². The van der Waals surface area contributed by atoms with Crippen molar-refractivity contribution in [1.29, 1.82) is 0 Å².